The molecule has 0 fully saturated rings. The van der Waals surface area contributed by atoms with Crippen molar-refractivity contribution in [3.05, 3.63) is 70.8 Å². The molecule has 0 spiro atoms. The molecule has 0 aromatic heterocycles. The van der Waals surface area contributed by atoms with Crippen LogP contribution in [-0.4, -0.2) is 3.21 Å². The Labute approximate surface area is 193 Å². The summed E-state index contributed by atoms with van der Waals surface area (Å²) in [6.45, 7) is 11.7. The van der Waals surface area contributed by atoms with Crippen LogP contribution >= 0.6 is 24.8 Å². The molecule has 0 saturated carbocycles. The average molecular weight is 492 g/mol. The molecule has 0 nitrogen and oxygen atoms in total. The van der Waals surface area contributed by atoms with Crippen molar-refractivity contribution in [3.63, 3.8) is 0 Å². The molecular weight excluding hydrogens is 462 g/mol. The van der Waals surface area contributed by atoms with Crippen LogP contribution in [0.1, 0.15) is 57.7 Å². The molecule has 28 heavy (non-hydrogen) atoms. The van der Waals surface area contributed by atoms with Gasteiger partial charge in [-0.15, -0.1) is 24.8 Å². The zero-order chi connectivity index (χ0) is 18.5. The van der Waals surface area contributed by atoms with E-state index < -0.39 is 22.8 Å². The maximum Gasteiger partial charge on any atom is -0.147 e. The summed E-state index contributed by atoms with van der Waals surface area (Å²) in [6.07, 6.45) is 6.94. The fourth-order valence-corrected chi connectivity index (χ4v) is 7.37. The molecule has 2 aromatic carbocycles. The number of allylic oxidation sites excluding steroid dienone is 4. The Morgan fingerprint density at radius 3 is 2.25 bits per heavy atom. The van der Waals surface area contributed by atoms with Crippen LogP contribution in [0.3, 0.4) is 0 Å². The molecule has 0 atom stereocenters. The molecule has 147 valence electrons. The smallest absolute Gasteiger partial charge is 0.147 e. The van der Waals surface area contributed by atoms with Gasteiger partial charge < -0.3 is 0 Å². The second kappa shape index (κ2) is 8.95. The quantitative estimate of drug-likeness (QED) is 0.371. The number of fused-ring (bicyclic) bond motifs is 3. The summed E-state index contributed by atoms with van der Waals surface area (Å²) in [5, 5.41) is 0. The largest absolute Gasteiger partial charge is 0.147 e. The molecule has 0 bridgehead atoms. The molecule has 3 heteroatoms. The molecule has 2 aliphatic rings. The van der Waals surface area contributed by atoms with E-state index in [9.17, 15) is 0 Å². The Morgan fingerprint density at radius 1 is 0.893 bits per heavy atom. The van der Waals surface area contributed by atoms with Gasteiger partial charge in [0, 0.05) is 0 Å². The summed E-state index contributed by atoms with van der Waals surface area (Å²) in [5.41, 5.74) is 10.9. The van der Waals surface area contributed by atoms with Gasteiger partial charge in [0.05, 0.1) is 0 Å². The number of halogens is 2. The average Bonchev–Trinajstić information content (AvgIpc) is 3.19. The van der Waals surface area contributed by atoms with Crippen molar-refractivity contribution in [1.82, 2.24) is 0 Å². The molecular formula is C25H29Cl2Zr. The number of hydrogen-bond acceptors (Lipinski definition) is 0. The SMILES string of the molecule is C[C](C)=[Zr][c]1c(C2=C(C(C)(C)C)C=CC2)ccc2c1Cc1ccccc1-2.Cl.Cl. The summed E-state index contributed by atoms with van der Waals surface area (Å²) in [7, 11) is 0. The van der Waals surface area contributed by atoms with E-state index in [2.05, 4.69) is 83.2 Å². The second-order valence-electron chi connectivity index (χ2n) is 8.72. The van der Waals surface area contributed by atoms with Crippen LogP contribution in [-0.2, 0) is 29.2 Å². The first-order chi connectivity index (χ1) is 12.4. The summed E-state index contributed by atoms with van der Waals surface area (Å²) >= 11 is -0.715. The number of rotatable bonds is 2. The number of benzene rings is 2. The van der Waals surface area contributed by atoms with Crippen molar-refractivity contribution >= 4 is 36.9 Å². The fraction of sp³-hybridized carbons (Fsp3) is 0.320. The minimum absolute atomic E-state index is 0. The Balaban J connectivity index is 0.00000140. The van der Waals surface area contributed by atoms with Gasteiger partial charge in [0.15, 0.2) is 0 Å². The Hall–Kier alpha value is -0.747. The maximum absolute atomic E-state index is 2.44. The van der Waals surface area contributed by atoms with Crippen molar-refractivity contribution in [3.8, 4) is 11.1 Å². The standard InChI is InChI=1S/C22H21.C3H6.2ClH.Zr/c1-22(2,3)21-10-6-9-20(21)16-11-12-19-17(14-16)13-15-7-4-5-8-18(15)19;1-3-2;;;/h4-8,10-12H,9,13H2,1-3H3;1-2H3;2*1H;. The van der Waals surface area contributed by atoms with Crippen molar-refractivity contribution in [2.75, 3.05) is 0 Å². The summed E-state index contributed by atoms with van der Waals surface area (Å²) < 4.78 is 3.38. The van der Waals surface area contributed by atoms with Crippen molar-refractivity contribution in [2.45, 2.75) is 47.5 Å². The van der Waals surface area contributed by atoms with E-state index in [-0.39, 0.29) is 30.2 Å². The third-order valence-electron chi connectivity index (χ3n) is 5.43. The second-order valence-corrected chi connectivity index (χ2v) is 13.0. The van der Waals surface area contributed by atoms with Gasteiger partial charge in [-0.3, -0.25) is 0 Å². The summed E-state index contributed by atoms with van der Waals surface area (Å²) in [5.74, 6) is 0. The predicted octanol–water partition coefficient (Wildman–Crippen LogP) is 6.78. The van der Waals surface area contributed by atoms with Crippen molar-refractivity contribution in [2.24, 2.45) is 5.41 Å². The van der Waals surface area contributed by atoms with E-state index in [1.54, 1.807) is 23.2 Å². The van der Waals surface area contributed by atoms with Crippen LogP contribution in [0.4, 0.5) is 0 Å². The van der Waals surface area contributed by atoms with E-state index in [4.69, 9.17) is 0 Å². The summed E-state index contributed by atoms with van der Waals surface area (Å²) in [4.78, 5) is 0. The third-order valence-corrected chi connectivity index (χ3v) is 8.67. The van der Waals surface area contributed by atoms with E-state index >= 15 is 0 Å². The van der Waals surface area contributed by atoms with E-state index in [0.29, 0.717) is 0 Å². The van der Waals surface area contributed by atoms with E-state index in [1.807, 2.05) is 0 Å². The molecule has 4 rings (SSSR count). The molecule has 0 saturated heterocycles. The minimum atomic E-state index is -0.715. The molecule has 0 amide bonds. The first-order valence-electron chi connectivity index (χ1n) is 9.58. The van der Waals surface area contributed by atoms with Gasteiger partial charge in [0.2, 0.25) is 0 Å². The predicted molar refractivity (Wildman–Crippen MR) is 125 cm³/mol. The van der Waals surface area contributed by atoms with E-state index in [1.165, 1.54) is 22.3 Å². The summed E-state index contributed by atoms with van der Waals surface area (Å²) in [6, 6.07) is 13.8. The monoisotopic (exact) mass is 489 g/mol. The molecule has 2 aromatic rings. The molecule has 0 aliphatic heterocycles. The Morgan fingerprint density at radius 2 is 1.57 bits per heavy atom. The van der Waals surface area contributed by atoms with Crippen LogP contribution in [0.5, 0.6) is 0 Å². The zero-order valence-electron chi connectivity index (χ0n) is 17.3. The maximum atomic E-state index is 2.44. The van der Waals surface area contributed by atoms with Gasteiger partial charge >= 0.3 is 170 Å². The van der Waals surface area contributed by atoms with Crippen LogP contribution < -0.4 is 3.27 Å². The Bertz CT molecular complexity index is 984. The fourth-order valence-electron chi connectivity index (χ4n) is 4.32. The van der Waals surface area contributed by atoms with Gasteiger partial charge in [-0.2, -0.15) is 0 Å². The van der Waals surface area contributed by atoms with Gasteiger partial charge in [0.1, 0.15) is 0 Å². The van der Waals surface area contributed by atoms with Gasteiger partial charge in [-0.05, 0) is 0 Å². The molecule has 0 unspecified atom stereocenters. The molecule has 0 N–H and O–H groups in total. The van der Waals surface area contributed by atoms with E-state index in [0.717, 1.165) is 12.8 Å². The van der Waals surface area contributed by atoms with Crippen LogP contribution in [0.15, 0.2) is 54.1 Å². The Kier molecular flexibility index (Phi) is 7.52. The normalized spacial score (nSPS) is 14.0. The topological polar surface area (TPSA) is 0 Å². The zero-order valence-corrected chi connectivity index (χ0v) is 21.4. The van der Waals surface area contributed by atoms with Gasteiger partial charge in [0.25, 0.3) is 0 Å². The van der Waals surface area contributed by atoms with Crippen molar-refractivity contribution < 1.29 is 22.8 Å². The minimum Gasteiger partial charge on any atom is -0.147 e. The molecule has 2 aliphatic carbocycles. The molecule has 0 heterocycles. The first kappa shape index (κ1) is 23.5. The van der Waals surface area contributed by atoms with Gasteiger partial charge in [-0.1, -0.05) is 0 Å². The van der Waals surface area contributed by atoms with Crippen LogP contribution in [0, 0.1) is 5.41 Å². The van der Waals surface area contributed by atoms with Crippen LogP contribution in [0.2, 0.25) is 0 Å². The number of hydrogen-bond donors (Lipinski definition) is 0. The first-order valence-corrected chi connectivity index (χ1v) is 12.0. The molecule has 0 radical (unpaired) electrons. The third kappa shape index (κ3) is 4.23. The van der Waals surface area contributed by atoms with Gasteiger partial charge in [-0.25, -0.2) is 0 Å². The van der Waals surface area contributed by atoms with Crippen molar-refractivity contribution in [1.29, 1.82) is 0 Å². The van der Waals surface area contributed by atoms with Crippen LogP contribution in [0.25, 0.3) is 16.7 Å².